The fraction of sp³-hybridized carbons (Fsp3) is 0.100. The number of rotatable bonds is 5. The van der Waals surface area contributed by atoms with Gasteiger partial charge in [-0.1, -0.05) is 42.1 Å². The van der Waals surface area contributed by atoms with Crippen molar-refractivity contribution in [2.75, 3.05) is 0 Å². The topological polar surface area (TPSA) is 43.9 Å². The molecular formula is C20H16FN3OS. The van der Waals surface area contributed by atoms with Crippen molar-refractivity contribution in [3.63, 3.8) is 0 Å². The van der Waals surface area contributed by atoms with Gasteiger partial charge in [-0.15, -0.1) is 10.2 Å². The Hall–Kier alpha value is -2.86. The molecule has 0 radical (unpaired) electrons. The van der Waals surface area contributed by atoms with Crippen LogP contribution in [0.15, 0.2) is 76.5 Å². The summed E-state index contributed by atoms with van der Waals surface area (Å²) in [7, 11) is 0. The number of furan rings is 1. The first kappa shape index (κ1) is 16.6. The molecule has 0 aliphatic carbocycles. The number of hydrogen-bond donors (Lipinski definition) is 0. The second-order valence-corrected chi connectivity index (χ2v) is 6.76. The summed E-state index contributed by atoms with van der Waals surface area (Å²) in [4.78, 5) is 0. The molecule has 2 aromatic carbocycles. The van der Waals surface area contributed by atoms with Crippen LogP contribution < -0.4 is 0 Å². The Kier molecular flexibility index (Phi) is 4.58. The Morgan fingerprint density at radius 3 is 2.54 bits per heavy atom. The van der Waals surface area contributed by atoms with Crippen LogP contribution >= 0.6 is 11.8 Å². The number of halogens is 1. The van der Waals surface area contributed by atoms with E-state index < -0.39 is 0 Å². The van der Waals surface area contributed by atoms with Crippen molar-refractivity contribution < 1.29 is 8.81 Å². The van der Waals surface area contributed by atoms with E-state index in [0.717, 1.165) is 22.0 Å². The van der Waals surface area contributed by atoms with Crippen molar-refractivity contribution in [1.82, 2.24) is 14.8 Å². The molecule has 130 valence electrons. The van der Waals surface area contributed by atoms with E-state index in [4.69, 9.17) is 4.42 Å². The monoisotopic (exact) mass is 365 g/mol. The Bertz CT molecular complexity index is 1010. The van der Waals surface area contributed by atoms with Crippen molar-refractivity contribution in [3.05, 3.63) is 83.9 Å². The molecule has 6 heteroatoms. The average Bonchev–Trinajstić information content (AvgIpc) is 3.31. The quantitative estimate of drug-likeness (QED) is 0.452. The van der Waals surface area contributed by atoms with Crippen molar-refractivity contribution in [2.24, 2.45) is 0 Å². The highest BCUT2D eigenvalue weighted by Gasteiger charge is 2.19. The average molecular weight is 365 g/mol. The van der Waals surface area contributed by atoms with Crippen LogP contribution in [-0.2, 0) is 5.75 Å². The number of thioether (sulfide) groups is 1. The van der Waals surface area contributed by atoms with Crippen LogP contribution in [-0.4, -0.2) is 14.8 Å². The maximum Gasteiger partial charge on any atom is 0.205 e. The van der Waals surface area contributed by atoms with Crippen LogP contribution in [0.25, 0.3) is 17.3 Å². The number of nitrogens with zero attached hydrogens (tertiary/aromatic N) is 3. The molecular weight excluding hydrogens is 349 g/mol. The lowest BCUT2D eigenvalue weighted by Gasteiger charge is -2.11. The summed E-state index contributed by atoms with van der Waals surface area (Å²) in [5.41, 5.74) is 3.14. The summed E-state index contributed by atoms with van der Waals surface area (Å²) in [6.45, 7) is 2.05. The normalized spacial score (nSPS) is 11.0. The van der Waals surface area contributed by atoms with Crippen molar-refractivity contribution in [3.8, 4) is 17.3 Å². The molecule has 4 nitrogen and oxygen atoms in total. The number of aromatic nitrogens is 3. The highest BCUT2D eigenvalue weighted by Crippen LogP contribution is 2.31. The van der Waals surface area contributed by atoms with Gasteiger partial charge in [-0.25, -0.2) is 4.39 Å². The van der Waals surface area contributed by atoms with Gasteiger partial charge < -0.3 is 4.42 Å². The van der Waals surface area contributed by atoms with Gasteiger partial charge in [0.15, 0.2) is 10.9 Å². The van der Waals surface area contributed by atoms with Crippen LogP contribution in [0.4, 0.5) is 4.39 Å². The van der Waals surface area contributed by atoms with E-state index in [-0.39, 0.29) is 5.82 Å². The van der Waals surface area contributed by atoms with Gasteiger partial charge >= 0.3 is 0 Å². The third-order valence-corrected chi connectivity index (χ3v) is 5.01. The molecule has 0 unspecified atom stereocenters. The molecule has 0 amide bonds. The molecule has 0 bridgehead atoms. The minimum atomic E-state index is -0.234. The number of hydrogen-bond acceptors (Lipinski definition) is 4. The largest absolute Gasteiger partial charge is 0.461 e. The van der Waals surface area contributed by atoms with E-state index in [1.807, 2.05) is 34.9 Å². The summed E-state index contributed by atoms with van der Waals surface area (Å²) in [6, 6.07) is 18.3. The van der Waals surface area contributed by atoms with Crippen LogP contribution in [0, 0.1) is 12.7 Å². The summed E-state index contributed by atoms with van der Waals surface area (Å²) < 4.78 is 20.6. The van der Waals surface area contributed by atoms with Gasteiger partial charge in [0.2, 0.25) is 5.82 Å². The van der Waals surface area contributed by atoms with Crippen LogP contribution in [0.1, 0.15) is 11.1 Å². The van der Waals surface area contributed by atoms with Gasteiger partial charge in [0, 0.05) is 5.75 Å². The number of aryl methyl sites for hydroxylation is 1. The van der Waals surface area contributed by atoms with Crippen LogP contribution in [0.2, 0.25) is 0 Å². The lowest BCUT2D eigenvalue weighted by Crippen LogP contribution is -2.01. The lowest BCUT2D eigenvalue weighted by atomic mass is 10.2. The molecule has 0 spiro atoms. The van der Waals surface area contributed by atoms with E-state index in [2.05, 4.69) is 23.2 Å². The Morgan fingerprint density at radius 1 is 1.00 bits per heavy atom. The van der Waals surface area contributed by atoms with Gasteiger partial charge in [-0.3, -0.25) is 4.57 Å². The zero-order valence-corrected chi connectivity index (χ0v) is 14.9. The third-order valence-electron chi connectivity index (χ3n) is 4.01. The second-order valence-electron chi connectivity index (χ2n) is 5.82. The first-order chi connectivity index (χ1) is 12.7. The van der Waals surface area contributed by atoms with Crippen molar-refractivity contribution >= 4 is 11.8 Å². The summed E-state index contributed by atoms with van der Waals surface area (Å²) in [6.07, 6.45) is 1.62. The highest BCUT2D eigenvalue weighted by molar-refractivity contribution is 7.98. The predicted octanol–water partition coefficient (Wildman–Crippen LogP) is 5.27. The van der Waals surface area contributed by atoms with Gasteiger partial charge in [-0.05, 0) is 48.4 Å². The smallest absolute Gasteiger partial charge is 0.205 e. The molecule has 0 aliphatic heterocycles. The molecule has 0 saturated carbocycles. The fourth-order valence-electron chi connectivity index (χ4n) is 2.69. The van der Waals surface area contributed by atoms with Crippen LogP contribution in [0.5, 0.6) is 0 Å². The van der Waals surface area contributed by atoms with E-state index >= 15 is 0 Å². The highest BCUT2D eigenvalue weighted by atomic mass is 32.2. The van der Waals surface area contributed by atoms with Crippen molar-refractivity contribution in [1.29, 1.82) is 0 Å². The van der Waals surface area contributed by atoms with Gasteiger partial charge in [-0.2, -0.15) is 0 Å². The second kappa shape index (κ2) is 7.17. The maximum atomic E-state index is 13.1. The molecule has 0 N–H and O–H groups in total. The molecule has 2 aromatic heterocycles. The first-order valence-corrected chi connectivity index (χ1v) is 9.13. The molecule has 4 aromatic rings. The summed E-state index contributed by atoms with van der Waals surface area (Å²) in [5.74, 6) is 1.75. The SMILES string of the molecule is Cc1ccccc1-n1c(SCc2ccc(F)cc2)nnc1-c1ccco1. The fourth-order valence-corrected chi connectivity index (χ4v) is 3.59. The van der Waals surface area contributed by atoms with Gasteiger partial charge in [0.1, 0.15) is 5.82 Å². The predicted molar refractivity (Wildman–Crippen MR) is 99.8 cm³/mol. The molecule has 0 aliphatic rings. The van der Waals surface area contributed by atoms with E-state index in [0.29, 0.717) is 17.3 Å². The molecule has 0 atom stereocenters. The molecule has 0 saturated heterocycles. The summed E-state index contributed by atoms with van der Waals surface area (Å²) >= 11 is 1.55. The number of para-hydroxylation sites is 1. The van der Waals surface area contributed by atoms with E-state index in [1.54, 1.807) is 30.2 Å². The summed E-state index contributed by atoms with van der Waals surface area (Å²) in [5, 5.41) is 9.46. The maximum absolute atomic E-state index is 13.1. The Morgan fingerprint density at radius 2 is 1.81 bits per heavy atom. The van der Waals surface area contributed by atoms with Crippen LogP contribution in [0.3, 0.4) is 0 Å². The van der Waals surface area contributed by atoms with E-state index in [1.165, 1.54) is 12.1 Å². The van der Waals surface area contributed by atoms with E-state index in [9.17, 15) is 4.39 Å². The standard InChI is InChI=1S/C20H16FN3OS/c1-14-5-2-3-6-17(14)24-19(18-7-4-12-25-18)22-23-20(24)26-13-15-8-10-16(21)11-9-15/h2-12H,13H2,1H3. The zero-order valence-electron chi connectivity index (χ0n) is 14.1. The molecule has 4 rings (SSSR count). The minimum absolute atomic E-state index is 0.234. The third kappa shape index (κ3) is 3.28. The molecule has 0 fully saturated rings. The van der Waals surface area contributed by atoms with Crippen molar-refractivity contribution in [2.45, 2.75) is 17.8 Å². The van der Waals surface area contributed by atoms with Gasteiger partial charge in [0.05, 0.1) is 12.0 Å². The number of benzene rings is 2. The lowest BCUT2D eigenvalue weighted by molar-refractivity contribution is 0.575. The Balaban J connectivity index is 1.73. The Labute approximate surface area is 154 Å². The van der Waals surface area contributed by atoms with Gasteiger partial charge in [0.25, 0.3) is 0 Å². The molecule has 2 heterocycles. The zero-order chi connectivity index (χ0) is 17.9. The first-order valence-electron chi connectivity index (χ1n) is 8.15. The minimum Gasteiger partial charge on any atom is -0.461 e. The molecule has 26 heavy (non-hydrogen) atoms.